The van der Waals surface area contributed by atoms with Crippen molar-refractivity contribution in [2.24, 2.45) is 0 Å². The van der Waals surface area contributed by atoms with Gasteiger partial charge in [0.2, 0.25) is 0 Å². The second-order valence-corrected chi connectivity index (χ2v) is 2.47. The van der Waals surface area contributed by atoms with Gasteiger partial charge in [0.05, 0.1) is 0 Å². The zero-order valence-electron chi connectivity index (χ0n) is 9.84. The molecule has 0 fully saturated rings. The van der Waals surface area contributed by atoms with Crippen molar-refractivity contribution in [1.82, 2.24) is 0 Å². The first-order chi connectivity index (χ1) is 8.71. The smallest absolute Gasteiger partial charge is 0.290 e. The van der Waals surface area contributed by atoms with E-state index in [-0.39, 0.29) is 41.1 Å². The van der Waals surface area contributed by atoms with E-state index in [1.807, 2.05) is 0 Å². The first-order valence-corrected chi connectivity index (χ1v) is 4.55. The summed E-state index contributed by atoms with van der Waals surface area (Å²) in [5.41, 5.74) is 0. The van der Waals surface area contributed by atoms with Crippen molar-refractivity contribution in [1.29, 1.82) is 0 Å². The third-order valence-corrected chi connectivity index (χ3v) is 1.55. The molecule has 0 bridgehead atoms. The maximum atomic E-state index is 8.36. The van der Waals surface area contributed by atoms with E-state index in [4.69, 9.17) is 29.7 Å². The van der Waals surface area contributed by atoms with Gasteiger partial charge in [0.1, 0.15) is 0 Å². The van der Waals surface area contributed by atoms with Crippen molar-refractivity contribution in [2.75, 3.05) is 0 Å². The molecule has 0 radical (unpaired) electrons. The minimum absolute atomic E-state index is 0. The van der Waals surface area contributed by atoms with Crippen LogP contribution in [0.15, 0.2) is 42.5 Å². The summed E-state index contributed by atoms with van der Waals surface area (Å²) >= 11 is 0. The maximum Gasteiger partial charge on any atom is 0.290 e. The van der Waals surface area contributed by atoms with Gasteiger partial charge in [-0.3, -0.25) is 14.4 Å². The molecule has 0 aliphatic rings. The number of carboxylic acid groups (broad SMARTS) is 3. The van der Waals surface area contributed by atoms with E-state index in [1.54, 1.807) is 0 Å². The van der Waals surface area contributed by atoms with Crippen LogP contribution in [0, 0.1) is 0 Å². The first kappa shape index (κ1) is 22.2. The van der Waals surface area contributed by atoms with Crippen LogP contribution in [0.2, 0.25) is 0 Å². The SMILES string of the molecule is O=CO.O=CO.O=CO.[Ti].c1ccc2[cH-]ccc2c1. The Labute approximate surface area is 124 Å². The normalized spacial score (nSPS) is 6.74. The summed E-state index contributed by atoms with van der Waals surface area (Å²) in [6, 6.07) is 14.7. The van der Waals surface area contributed by atoms with Crippen molar-refractivity contribution < 1.29 is 51.4 Å². The second kappa shape index (κ2) is 18.3. The van der Waals surface area contributed by atoms with Crippen LogP contribution in [-0.4, -0.2) is 34.7 Å². The Morgan fingerprint density at radius 3 is 1.68 bits per heavy atom. The van der Waals surface area contributed by atoms with E-state index in [9.17, 15) is 0 Å². The van der Waals surface area contributed by atoms with Crippen molar-refractivity contribution in [2.45, 2.75) is 0 Å². The molecule has 102 valence electrons. The molecule has 0 spiro atoms. The number of benzene rings is 1. The fraction of sp³-hybridized carbons (Fsp3) is 0. The Morgan fingerprint density at radius 2 is 1.26 bits per heavy atom. The molecule has 19 heavy (non-hydrogen) atoms. The number of hydrogen-bond donors (Lipinski definition) is 3. The van der Waals surface area contributed by atoms with Crippen LogP contribution in [-0.2, 0) is 36.1 Å². The van der Waals surface area contributed by atoms with Gasteiger partial charge in [0, 0.05) is 21.7 Å². The van der Waals surface area contributed by atoms with Gasteiger partial charge in [-0.15, -0.1) is 29.7 Å². The van der Waals surface area contributed by atoms with Crippen molar-refractivity contribution >= 4 is 30.2 Å². The molecule has 2 aromatic carbocycles. The zero-order valence-corrected chi connectivity index (χ0v) is 11.4. The second-order valence-electron chi connectivity index (χ2n) is 2.47. The van der Waals surface area contributed by atoms with E-state index in [0.29, 0.717) is 0 Å². The molecular weight excluding hydrogens is 288 g/mol. The monoisotopic (exact) mass is 301 g/mol. The third kappa shape index (κ3) is 13.9. The van der Waals surface area contributed by atoms with Crippen LogP contribution in [0.5, 0.6) is 0 Å². The molecule has 0 aromatic heterocycles. The minimum Gasteiger partial charge on any atom is -0.483 e. The molecule has 6 nitrogen and oxygen atoms in total. The van der Waals surface area contributed by atoms with E-state index in [1.165, 1.54) is 10.8 Å². The number of carbonyl (C=O) groups is 3. The van der Waals surface area contributed by atoms with E-state index < -0.39 is 0 Å². The van der Waals surface area contributed by atoms with Gasteiger partial charge in [0.25, 0.3) is 19.4 Å². The van der Waals surface area contributed by atoms with Gasteiger partial charge in [-0.2, -0.15) is 17.5 Å². The van der Waals surface area contributed by atoms with Crippen molar-refractivity contribution in [3.8, 4) is 0 Å². The van der Waals surface area contributed by atoms with Crippen molar-refractivity contribution in [3.63, 3.8) is 0 Å². The van der Waals surface area contributed by atoms with Gasteiger partial charge < -0.3 is 15.3 Å². The van der Waals surface area contributed by atoms with Crippen LogP contribution in [0.25, 0.3) is 10.8 Å². The Bertz CT molecular complexity index is 396. The zero-order chi connectivity index (χ0) is 14.2. The molecule has 0 atom stereocenters. The molecule has 2 aromatic rings. The summed E-state index contributed by atoms with van der Waals surface area (Å²) < 4.78 is 0. The van der Waals surface area contributed by atoms with E-state index in [2.05, 4.69) is 42.5 Å². The van der Waals surface area contributed by atoms with Crippen molar-refractivity contribution in [3.05, 3.63) is 42.5 Å². The van der Waals surface area contributed by atoms with Gasteiger partial charge in [-0.25, -0.2) is 0 Å². The fourth-order valence-electron chi connectivity index (χ4n) is 1.07. The summed E-state index contributed by atoms with van der Waals surface area (Å²) in [4.78, 5) is 25.1. The molecule has 2 rings (SSSR count). The molecule has 3 N–H and O–H groups in total. The van der Waals surface area contributed by atoms with Gasteiger partial charge in [-0.05, 0) is 0 Å². The average molecular weight is 301 g/mol. The maximum absolute atomic E-state index is 8.36. The number of fused-ring (bicyclic) bond motifs is 1. The van der Waals surface area contributed by atoms with E-state index in [0.717, 1.165) is 0 Å². The van der Waals surface area contributed by atoms with Gasteiger partial charge >= 0.3 is 0 Å². The van der Waals surface area contributed by atoms with Gasteiger partial charge in [0.15, 0.2) is 0 Å². The van der Waals surface area contributed by atoms with Crippen LogP contribution < -0.4 is 0 Å². The largest absolute Gasteiger partial charge is 0.483 e. The Hall–Kier alpha value is -2.05. The molecule has 0 unspecified atom stereocenters. The molecule has 0 aliphatic heterocycles. The minimum atomic E-state index is -0.250. The molecule has 0 aliphatic carbocycles. The molecule has 0 saturated heterocycles. The van der Waals surface area contributed by atoms with Crippen LogP contribution >= 0.6 is 0 Å². The predicted molar refractivity (Wildman–Crippen MR) is 65.6 cm³/mol. The standard InChI is InChI=1S/C9H7.3CH2O2.Ti/c1-2-5-9-7-3-6-8(9)4-1;3*2-1-3;/h1-7H;3*1H,(H,2,3);/q-1;;;;. The summed E-state index contributed by atoms with van der Waals surface area (Å²) in [7, 11) is 0. The summed E-state index contributed by atoms with van der Waals surface area (Å²) in [5.74, 6) is 0. The molecular formula is C12H13O6Ti-. The molecule has 0 heterocycles. The van der Waals surface area contributed by atoms with E-state index >= 15 is 0 Å². The van der Waals surface area contributed by atoms with Crippen LogP contribution in [0.4, 0.5) is 0 Å². The first-order valence-electron chi connectivity index (χ1n) is 4.55. The number of hydrogen-bond acceptors (Lipinski definition) is 3. The Morgan fingerprint density at radius 1 is 0.842 bits per heavy atom. The average Bonchev–Trinajstić information content (AvgIpc) is 2.80. The van der Waals surface area contributed by atoms with Gasteiger partial charge in [-0.1, -0.05) is 6.07 Å². The summed E-state index contributed by atoms with van der Waals surface area (Å²) in [6.45, 7) is -0.750. The fourth-order valence-corrected chi connectivity index (χ4v) is 1.07. The Kier molecular flexibility index (Phi) is 21.4. The van der Waals surface area contributed by atoms with Crippen LogP contribution in [0.3, 0.4) is 0 Å². The molecule has 7 heteroatoms. The predicted octanol–water partition coefficient (Wildman–Crippen LogP) is 1.66. The summed E-state index contributed by atoms with van der Waals surface area (Å²) in [5, 5.41) is 23.3. The number of rotatable bonds is 0. The quantitative estimate of drug-likeness (QED) is 0.387. The van der Waals surface area contributed by atoms with Crippen LogP contribution in [0.1, 0.15) is 0 Å². The topological polar surface area (TPSA) is 112 Å². The molecule has 0 saturated carbocycles. The summed E-state index contributed by atoms with van der Waals surface area (Å²) in [6.07, 6.45) is 0. The Balaban J connectivity index is -0.000000220. The third-order valence-electron chi connectivity index (χ3n) is 1.55. The molecule has 0 amide bonds.